The third-order valence-corrected chi connectivity index (χ3v) is 3.04. The van der Waals surface area contributed by atoms with Crippen LogP contribution in [0.5, 0.6) is 0 Å². The molecule has 19 heavy (non-hydrogen) atoms. The van der Waals surface area contributed by atoms with Crippen LogP contribution in [0, 0.1) is 5.92 Å². The minimum Gasteiger partial charge on any atom is -0.469 e. The maximum absolute atomic E-state index is 12.0. The van der Waals surface area contributed by atoms with Gasteiger partial charge < -0.3 is 9.64 Å². The number of piperidine rings is 1. The van der Waals surface area contributed by atoms with Crippen molar-refractivity contribution in [1.29, 1.82) is 0 Å². The molecule has 1 aromatic heterocycles. The Morgan fingerprint density at radius 3 is 3.00 bits per heavy atom. The number of amides is 2. The van der Waals surface area contributed by atoms with Gasteiger partial charge in [0, 0.05) is 25.5 Å². The van der Waals surface area contributed by atoms with E-state index in [0.717, 1.165) is 12.8 Å². The van der Waals surface area contributed by atoms with Crippen LogP contribution < -0.4 is 5.32 Å². The zero-order chi connectivity index (χ0) is 13.7. The van der Waals surface area contributed by atoms with E-state index in [1.165, 1.54) is 25.7 Å². The summed E-state index contributed by atoms with van der Waals surface area (Å²) >= 11 is 0. The van der Waals surface area contributed by atoms with Gasteiger partial charge in [-0.05, 0) is 12.8 Å². The Bertz CT molecular complexity index is 452. The standard InChI is InChI=1S/C12H16N4O3/c1-19-11(17)9-3-2-6-16(8-9)12(18)15-10-7-13-4-5-14-10/h4-5,7,9H,2-3,6,8H2,1H3,(H,14,15,18). The molecule has 0 radical (unpaired) electrons. The van der Waals surface area contributed by atoms with Crippen molar-refractivity contribution < 1.29 is 14.3 Å². The second kappa shape index (κ2) is 6.12. The van der Waals surface area contributed by atoms with Crippen LogP contribution in [0.2, 0.25) is 0 Å². The number of methoxy groups -OCH3 is 1. The van der Waals surface area contributed by atoms with Gasteiger partial charge >= 0.3 is 12.0 Å². The fourth-order valence-corrected chi connectivity index (χ4v) is 2.07. The zero-order valence-corrected chi connectivity index (χ0v) is 10.7. The summed E-state index contributed by atoms with van der Waals surface area (Å²) in [5.74, 6) is -0.115. The maximum atomic E-state index is 12.0. The van der Waals surface area contributed by atoms with Crippen LogP contribution in [-0.4, -0.2) is 47.1 Å². The van der Waals surface area contributed by atoms with Crippen molar-refractivity contribution in [3.05, 3.63) is 18.6 Å². The number of carbonyl (C=O) groups excluding carboxylic acids is 2. The van der Waals surface area contributed by atoms with Gasteiger partial charge in [0.1, 0.15) is 0 Å². The summed E-state index contributed by atoms with van der Waals surface area (Å²) in [6.45, 7) is 0.998. The molecule has 7 nitrogen and oxygen atoms in total. The van der Waals surface area contributed by atoms with E-state index in [2.05, 4.69) is 15.3 Å². The predicted octanol–water partition coefficient (Wildman–Crippen LogP) is 0.893. The van der Waals surface area contributed by atoms with Crippen molar-refractivity contribution in [2.24, 2.45) is 5.92 Å². The molecule has 1 N–H and O–H groups in total. The third-order valence-electron chi connectivity index (χ3n) is 3.04. The van der Waals surface area contributed by atoms with Gasteiger partial charge in [-0.25, -0.2) is 9.78 Å². The van der Waals surface area contributed by atoms with Crippen LogP contribution in [0.15, 0.2) is 18.6 Å². The molecular formula is C12H16N4O3. The number of carbonyl (C=O) groups is 2. The van der Waals surface area contributed by atoms with Crippen molar-refractivity contribution >= 4 is 17.8 Å². The number of rotatable bonds is 2. The molecule has 7 heteroatoms. The SMILES string of the molecule is COC(=O)C1CCCN(C(=O)Nc2cnccn2)C1. The second-order valence-corrected chi connectivity index (χ2v) is 4.33. The fourth-order valence-electron chi connectivity index (χ4n) is 2.07. The van der Waals surface area contributed by atoms with Crippen LogP contribution in [-0.2, 0) is 9.53 Å². The average Bonchev–Trinajstić information content (AvgIpc) is 2.47. The van der Waals surface area contributed by atoms with E-state index >= 15 is 0 Å². The van der Waals surface area contributed by atoms with Crippen molar-refractivity contribution in [2.45, 2.75) is 12.8 Å². The van der Waals surface area contributed by atoms with Gasteiger partial charge in [0.15, 0.2) is 5.82 Å². The number of aromatic nitrogens is 2. The van der Waals surface area contributed by atoms with Gasteiger partial charge in [0.25, 0.3) is 0 Å². The highest BCUT2D eigenvalue weighted by molar-refractivity contribution is 5.88. The lowest BCUT2D eigenvalue weighted by molar-refractivity contribution is -0.146. The molecule has 0 aliphatic carbocycles. The van der Waals surface area contributed by atoms with Gasteiger partial charge in [0.2, 0.25) is 0 Å². The number of urea groups is 1. The predicted molar refractivity (Wildman–Crippen MR) is 67.4 cm³/mol. The molecule has 1 fully saturated rings. The molecular weight excluding hydrogens is 248 g/mol. The summed E-state index contributed by atoms with van der Waals surface area (Å²) < 4.78 is 4.72. The highest BCUT2D eigenvalue weighted by Crippen LogP contribution is 2.18. The molecule has 0 saturated carbocycles. The van der Waals surface area contributed by atoms with E-state index in [0.29, 0.717) is 18.9 Å². The number of hydrogen-bond donors (Lipinski definition) is 1. The molecule has 1 aliphatic heterocycles. The van der Waals surface area contributed by atoms with Gasteiger partial charge in [0.05, 0.1) is 19.2 Å². The summed E-state index contributed by atoms with van der Waals surface area (Å²) in [6, 6.07) is -0.269. The van der Waals surface area contributed by atoms with E-state index in [9.17, 15) is 9.59 Å². The van der Waals surface area contributed by atoms with Crippen LogP contribution in [0.25, 0.3) is 0 Å². The molecule has 0 spiro atoms. The van der Waals surface area contributed by atoms with E-state index in [1.807, 2.05) is 0 Å². The molecule has 2 heterocycles. The quantitative estimate of drug-likeness (QED) is 0.802. The third kappa shape index (κ3) is 3.40. The Morgan fingerprint density at radius 1 is 1.47 bits per heavy atom. The molecule has 1 aliphatic rings. The lowest BCUT2D eigenvalue weighted by Crippen LogP contribution is -2.44. The number of hydrogen-bond acceptors (Lipinski definition) is 5. The van der Waals surface area contributed by atoms with Crippen LogP contribution >= 0.6 is 0 Å². The number of nitrogens with one attached hydrogen (secondary N) is 1. The maximum Gasteiger partial charge on any atom is 0.323 e. The largest absolute Gasteiger partial charge is 0.469 e. The minimum absolute atomic E-state index is 0.244. The van der Waals surface area contributed by atoms with Crippen molar-refractivity contribution in [1.82, 2.24) is 14.9 Å². The minimum atomic E-state index is -0.269. The highest BCUT2D eigenvalue weighted by atomic mass is 16.5. The molecule has 102 valence electrons. The first-order chi connectivity index (χ1) is 9.20. The van der Waals surface area contributed by atoms with Crippen molar-refractivity contribution in [3.8, 4) is 0 Å². The highest BCUT2D eigenvalue weighted by Gasteiger charge is 2.29. The lowest BCUT2D eigenvalue weighted by atomic mass is 9.98. The van der Waals surface area contributed by atoms with Gasteiger partial charge in [-0.15, -0.1) is 0 Å². The van der Waals surface area contributed by atoms with Gasteiger partial charge in [-0.2, -0.15) is 0 Å². The van der Waals surface area contributed by atoms with E-state index in [-0.39, 0.29) is 17.9 Å². The van der Waals surface area contributed by atoms with Gasteiger partial charge in [-0.1, -0.05) is 0 Å². The summed E-state index contributed by atoms with van der Waals surface area (Å²) in [4.78, 5) is 32.9. The van der Waals surface area contributed by atoms with E-state index < -0.39 is 0 Å². The number of nitrogens with zero attached hydrogens (tertiary/aromatic N) is 3. The Balaban J connectivity index is 1.94. The summed E-state index contributed by atoms with van der Waals surface area (Å²) in [5.41, 5.74) is 0. The van der Waals surface area contributed by atoms with Crippen LogP contribution in [0.3, 0.4) is 0 Å². The average molecular weight is 264 g/mol. The Labute approximate surface area is 111 Å². The second-order valence-electron chi connectivity index (χ2n) is 4.33. The molecule has 1 atom stereocenters. The Morgan fingerprint density at radius 2 is 2.32 bits per heavy atom. The number of esters is 1. The summed E-state index contributed by atoms with van der Waals surface area (Å²) in [5, 5.41) is 2.65. The topological polar surface area (TPSA) is 84.4 Å². The molecule has 1 saturated heterocycles. The van der Waals surface area contributed by atoms with Crippen molar-refractivity contribution in [3.63, 3.8) is 0 Å². The molecule has 0 bridgehead atoms. The molecule has 1 aromatic rings. The molecule has 2 rings (SSSR count). The lowest BCUT2D eigenvalue weighted by Gasteiger charge is -2.31. The first kappa shape index (κ1) is 13.3. The van der Waals surface area contributed by atoms with Crippen molar-refractivity contribution in [2.75, 3.05) is 25.5 Å². The van der Waals surface area contributed by atoms with Gasteiger partial charge in [-0.3, -0.25) is 15.1 Å². The molecule has 0 aromatic carbocycles. The zero-order valence-electron chi connectivity index (χ0n) is 10.7. The first-order valence-corrected chi connectivity index (χ1v) is 6.10. The number of likely N-dealkylation sites (tertiary alicyclic amines) is 1. The summed E-state index contributed by atoms with van der Waals surface area (Å²) in [7, 11) is 1.36. The molecule has 1 unspecified atom stereocenters. The monoisotopic (exact) mass is 264 g/mol. The summed E-state index contributed by atoms with van der Waals surface area (Å²) in [6.07, 6.45) is 6.04. The normalized spacial score (nSPS) is 18.8. The van der Waals surface area contributed by atoms with E-state index in [1.54, 1.807) is 4.90 Å². The first-order valence-electron chi connectivity index (χ1n) is 6.10. The smallest absolute Gasteiger partial charge is 0.323 e. The van der Waals surface area contributed by atoms with Crippen LogP contribution in [0.1, 0.15) is 12.8 Å². The van der Waals surface area contributed by atoms with E-state index in [4.69, 9.17) is 4.74 Å². The number of ether oxygens (including phenoxy) is 1. The van der Waals surface area contributed by atoms with Crippen LogP contribution in [0.4, 0.5) is 10.6 Å². The number of anilines is 1. The Hall–Kier alpha value is -2.18. The molecule has 2 amide bonds. The Kier molecular flexibility index (Phi) is 4.27. The fraction of sp³-hybridized carbons (Fsp3) is 0.500.